The Bertz CT molecular complexity index is 989. The first-order valence-electron chi connectivity index (χ1n) is 9.14. The second-order valence-corrected chi connectivity index (χ2v) is 7.25. The van der Waals surface area contributed by atoms with Crippen LogP contribution in [0.1, 0.15) is 30.0 Å². The lowest BCUT2D eigenvalue weighted by Crippen LogP contribution is -2.36. The molecule has 0 bridgehead atoms. The van der Waals surface area contributed by atoms with E-state index in [9.17, 15) is 4.79 Å². The van der Waals surface area contributed by atoms with Crippen molar-refractivity contribution in [3.8, 4) is 5.75 Å². The van der Waals surface area contributed by atoms with Crippen LogP contribution in [0.5, 0.6) is 5.75 Å². The molecule has 27 heavy (non-hydrogen) atoms. The van der Waals surface area contributed by atoms with Crippen LogP contribution in [0.2, 0.25) is 5.02 Å². The third-order valence-corrected chi connectivity index (χ3v) is 5.56. The van der Waals surface area contributed by atoms with Crippen molar-refractivity contribution in [1.29, 1.82) is 0 Å². The Balaban J connectivity index is 1.50. The number of aromatic nitrogens is 1. The molecule has 1 amide bonds. The molecule has 3 aromatic rings. The predicted molar refractivity (Wildman–Crippen MR) is 107 cm³/mol. The van der Waals surface area contributed by atoms with Crippen LogP contribution in [-0.4, -0.2) is 29.4 Å². The molecule has 0 saturated heterocycles. The molecule has 4 nitrogen and oxygen atoms in total. The highest BCUT2D eigenvalue weighted by Gasteiger charge is 2.26. The van der Waals surface area contributed by atoms with Crippen molar-refractivity contribution in [2.24, 2.45) is 0 Å². The minimum atomic E-state index is -0.0456. The molecule has 1 aliphatic rings. The van der Waals surface area contributed by atoms with Crippen LogP contribution in [0.4, 0.5) is 0 Å². The van der Waals surface area contributed by atoms with Crippen LogP contribution in [-0.2, 0) is 11.2 Å². The van der Waals surface area contributed by atoms with Crippen LogP contribution in [0, 0.1) is 0 Å². The van der Waals surface area contributed by atoms with Crippen LogP contribution >= 0.6 is 11.6 Å². The van der Waals surface area contributed by atoms with Gasteiger partial charge >= 0.3 is 0 Å². The number of halogens is 1. The van der Waals surface area contributed by atoms with Gasteiger partial charge in [0.25, 0.3) is 5.91 Å². The topological polar surface area (TPSA) is 42.4 Å². The highest BCUT2D eigenvalue weighted by molar-refractivity contribution is 6.35. The Morgan fingerprint density at radius 2 is 2.07 bits per heavy atom. The molecule has 1 atom stereocenters. The van der Waals surface area contributed by atoms with Gasteiger partial charge in [-0.15, -0.1) is 0 Å². The summed E-state index contributed by atoms with van der Waals surface area (Å²) in [5.74, 6) is 0.525. The number of hydrogen-bond donors (Lipinski definition) is 0. The number of amides is 1. The zero-order valence-electron chi connectivity index (χ0n) is 15.2. The van der Waals surface area contributed by atoms with E-state index in [2.05, 4.69) is 23.2 Å². The van der Waals surface area contributed by atoms with Crippen molar-refractivity contribution in [3.63, 3.8) is 0 Å². The van der Waals surface area contributed by atoms with Gasteiger partial charge < -0.3 is 9.64 Å². The summed E-state index contributed by atoms with van der Waals surface area (Å²) in [4.78, 5) is 18.9. The predicted octanol–water partition coefficient (Wildman–Crippen LogP) is 4.80. The number of rotatable bonds is 4. The van der Waals surface area contributed by atoms with Crippen LogP contribution in [0.15, 0.2) is 54.7 Å². The van der Waals surface area contributed by atoms with Crippen LogP contribution < -0.4 is 4.74 Å². The lowest BCUT2D eigenvalue weighted by Gasteiger charge is -2.33. The van der Waals surface area contributed by atoms with Crippen molar-refractivity contribution in [1.82, 2.24) is 9.88 Å². The van der Waals surface area contributed by atoms with E-state index in [1.807, 2.05) is 30.1 Å². The smallest absolute Gasteiger partial charge is 0.260 e. The van der Waals surface area contributed by atoms with Crippen molar-refractivity contribution < 1.29 is 9.53 Å². The van der Waals surface area contributed by atoms with Gasteiger partial charge in [-0.25, -0.2) is 0 Å². The van der Waals surface area contributed by atoms with E-state index in [-0.39, 0.29) is 18.6 Å². The van der Waals surface area contributed by atoms with E-state index in [0.717, 1.165) is 24.6 Å². The second-order valence-electron chi connectivity index (χ2n) is 6.85. The average Bonchev–Trinajstić information content (AvgIpc) is 2.72. The van der Waals surface area contributed by atoms with E-state index < -0.39 is 0 Å². The number of pyridine rings is 1. The number of likely N-dealkylation sites (N-methyl/N-ethyl adjacent to an activating group) is 1. The van der Waals surface area contributed by atoms with Crippen molar-refractivity contribution in [2.45, 2.75) is 25.3 Å². The average molecular weight is 381 g/mol. The normalized spacial score (nSPS) is 16.0. The number of hydrogen-bond acceptors (Lipinski definition) is 3. The fourth-order valence-corrected chi connectivity index (χ4v) is 3.99. The molecule has 1 heterocycles. The highest BCUT2D eigenvalue weighted by atomic mass is 35.5. The van der Waals surface area contributed by atoms with E-state index in [0.29, 0.717) is 16.3 Å². The summed E-state index contributed by atoms with van der Waals surface area (Å²) < 4.78 is 5.82. The molecule has 1 aliphatic carbocycles. The summed E-state index contributed by atoms with van der Waals surface area (Å²) in [7, 11) is 1.86. The molecule has 4 rings (SSSR count). The maximum Gasteiger partial charge on any atom is 0.260 e. The zero-order valence-corrected chi connectivity index (χ0v) is 15.9. The maximum absolute atomic E-state index is 12.8. The summed E-state index contributed by atoms with van der Waals surface area (Å²) in [6.45, 7) is -0.0253. The molecule has 0 aliphatic heterocycles. The number of benzene rings is 2. The van der Waals surface area contributed by atoms with E-state index in [1.165, 1.54) is 11.1 Å². The summed E-state index contributed by atoms with van der Waals surface area (Å²) in [6.07, 6.45) is 4.84. The zero-order chi connectivity index (χ0) is 18.8. The monoisotopic (exact) mass is 380 g/mol. The molecule has 5 heteroatoms. The van der Waals surface area contributed by atoms with E-state index >= 15 is 0 Å². The molecule has 138 valence electrons. The molecule has 0 fully saturated rings. The van der Waals surface area contributed by atoms with Gasteiger partial charge in [-0.1, -0.05) is 35.9 Å². The number of nitrogens with zero attached hydrogens (tertiary/aromatic N) is 2. The van der Waals surface area contributed by atoms with Crippen molar-refractivity contribution >= 4 is 28.4 Å². The fraction of sp³-hybridized carbons (Fsp3) is 0.273. The van der Waals surface area contributed by atoms with Crippen LogP contribution in [0.3, 0.4) is 0 Å². The molecule has 0 saturated carbocycles. The molecule has 2 aromatic carbocycles. The molecule has 0 spiro atoms. The van der Waals surface area contributed by atoms with E-state index in [1.54, 1.807) is 18.3 Å². The maximum atomic E-state index is 12.8. The van der Waals surface area contributed by atoms with Gasteiger partial charge in [-0.05, 0) is 54.7 Å². The summed E-state index contributed by atoms with van der Waals surface area (Å²) >= 11 is 6.22. The number of aryl methyl sites for hydroxylation is 1. The molecule has 1 aromatic heterocycles. The lowest BCUT2D eigenvalue weighted by atomic mass is 9.87. The van der Waals surface area contributed by atoms with Gasteiger partial charge in [0.1, 0.15) is 11.3 Å². The third kappa shape index (κ3) is 3.50. The Hall–Kier alpha value is -2.59. The quantitative estimate of drug-likeness (QED) is 0.652. The van der Waals surface area contributed by atoms with Gasteiger partial charge in [0.2, 0.25) is 0 Å². The van der Waals surface area contributed by atoms with Gasteiger partial charge in [-0.2, -0.15) is 0 Å². The van der Waals surface area contributed by atoms with E-state index in [4.69, 9.17) is 16.3 Å². The summed E-state index contributed by atoms with van der Waals surface area (Å²) in [6, 6.07) is 15.7. The fourth-order valence-electron chi connectivity index (χ4n) is 3.77. The van der Waals surface area contributed by atoms with Gasteiger partial charge in [0.15, 0.2) is 6.61 Å². The van der Waals surface area contributed by atoms with Gasteiger partial charge in [0.05, 0.1) is 11.1 Å². The first-order valence-corrected chi connectivity index (χ1v) is 9.52. The Morgan fingerprint density at radius 1 is 1.22 bits per heavy atom. The summed E-state index contributed by atoms with van der Waals surface area (Å²) in [5.41, 5.74) is 3.25. The summed E-state index contributed by atoms with van der Waals surface area (Å²) in [5, 5.41) is 1.44. The largest absolute Gasteiger partial charge is 0.481 e. The number of carbonyl (C=O) groups excluding carboxylic acids is 1. The third-order valence-electron chi connectivity index (χ3n) is 5.23. The number of fused-ring (bicyclic) bond motifs is 2. The lowest BCUT2D eigenvalue weighted by molar-refractivity contribution is -0.134. The molecule has 0 unspecified atom stereocenters. The number of ether oxygens (including phenoxy) is 1. The van der Waals surface area contributed by atoms with Crippen molar-refractivity contribution in [3.05, 3.63) is 70.9 Å². The Morgan fingerprint density at radius 3 is 2.96 bits per heavy atom. The van der Waals surface area contributed by atoms with Gasteiger partial charge in [0, 0.05) is 18.6 Å². The first-order chi connectivity index (χ1) is 13.1. The van der Waals surface area contributed by atoms with Gasteiger partial charge in [-0.3, -0.25) is 9.78 Å². The van der Waals surface area contributed by atoms with Crippen molar-refractivity contribution in [2.75, 3.05) is 13.7 Å². The highest BCUT2D eigenvalue weighted by Crippen LogP contribution is 2.34. The second kappa shape index (κ2) is 7.57. The minimum Gasteiger partial charge on any atom is -0.481 e. The molecule has 0 radical (unpaired) electrons. The Kier molecular flexibility index (Phi) is 4.99. The van der Waals surface area contributed by atoms with Crippen LogP contribution in [0.25, 0.3) is 10.9 Å². The molecular formula is C22H21ClN2O2. The molecular weight excluding hydrogens is 360 g/mol. The SMILES string of the molecule is CN(C(=O)COc1ccc(Cl)c2cccnc12)[C@@H]1CCCc2ccccc21. The molecule has 0 N–H and O–H groups in total. The Labute approximate surface area is 163 Å². The first kappa shape index (κ1) is 17.8. The minimum absolute atomic E-state index is 0.0253. The number of carbonyl (C=O) groups is 1. The standard InChI is InChI=1S/C22H21ClN2O2/c1-25(19-10-4-7-15-6-2-3-8-16(15)19)21(26)14-27-20-12-11-18(23)17-9-5-13-24-22(17)20/h2-3,5-6,8-9,11-13,19H,4,7,10,14H2,1H3/t19-/m1/s1.